The molecule has 1 aromatic carbocycles. The van der Waals surface area contributed by atoms with Crippen molar-refractivity contribution in [1.82, 2.24) is 14.6 Å². The van der Waals surface area contributed by atoms with Crippen LogP contribution < -0.4 is 10.6 Å². The lowest BCUT2D eigenvalue weighted by Gasteiger charge is -2.14. The number of aryl methyl sites for hydroxylation is 1. The second-order valence-electron chi connectivity index (χ2n) is 5.67. The van der Waals surface area contributed by atoms with Gasteiger partial charge in [0, 0.05) is 11.8 Å². The van der Waals surface area contributed by atoms with Crippen LogP contribution in [-0.4, -0.2) is 27.3 Å². The number of fused-ring (bicyclic) bond motifs is 1. The highest BCUT2D eigenvalue weighted by molar-refractivity contribution is 5.73. The molecule has 2 heterocycles. The Bertz CT molecular complexity index is 1090. The summed E-state index contributed by atoms with van der Waals surface area (Å²) < 4.78 is 38.9. The molecule has 2 aromatic heterocycles. The van der Waals surface area contributed by atoms with E-state index in [4.69, 9.17) is 10.5 Å². The lowest BCUT2D eigenvalue weighted by atomic mass is 10.1. The van der Waals surface area contributed by atoms with Gasteiger partial charge in [0.1, 0.15) is 12.6 Å². The van der Waals surface area contributed by atoms with Gasteiger partial charge in [-0.1, -0.05) is 6.07 Å². The number of aromatic nitrogens is 3. The Morgan fingerprint density at radius 3 is 2.59 bits per heavy atom. The molecular weight excluding hydrogens is 359 g/mol. The molecule has 0 saturated carbocycles. The van der Waals surface area contributed by atoms with Gasteiger partial charge in [-0.3, -0.25) is 0 Å². The van der Waals surface area contributed by atoms with E-state index in [1.54, 1.807) is 18.2 Å². The van der Waals surface area contributed by atoms with Crippen LogP contribution in [0.15, 0.2) is 30.5 Å². The first kappa shape index (κ1) is 18.0. The Morgan fingerprint density at radius 1 is 1.15 bits per heavy atom. The minimum atomic E-state index is -4.42. The standard InChI is InChI=1S/C17H12F3N7/c1-10-2-3-11(6-21)4-13(10)25-15-5-14(24-9-17(18,19)20)16-23-8-12(7-22)27(16)26-15/h2-5,8,24H,9H2,1H3,(H,25,26). The molecule has 0 spiro atoms. The molecule has 0 aliphatic heterocycles. The van der Waals surface area contributed by atoms with Gasteiger partial charge in [0.2, 0.25) is 0 Å². The van der Waals surface area contributed by atoms with E-state index < -0.39 is 12.7 Å². The first-order chi connectivity index (χ1) is 12.8. The fourth-order valence-electron chi connectivity index (χ4n) is 2.40. The number of benzene rings is 1. The predicted molar refractivity (Wildman–Crippen MR) is 91.4 cm³/mol. The zero-order valence-corrected chi connectivity index (χ0v) is 14.0. The topological polar surface area (TPSA) is 102 Å². The lowest BCUT2D eigenvalue weighted by Crippen LogP contribution is -2.22. The fourth-order valence-corrected chi connectivity index (χ4v) is 2.40. The van der Waals surface area contributed by atoms with Gasteiger partial charge in [0.05, 0.1) is 23.5 Å². The monoisotopic (exact) mass is 371 g/mol. The molecule has 7 nitrogen and oxygen atoms in total. The SMILES string of the molecule is Cc1ccc(C#N)cc1Nc1cc(NCC(F)(F)F)c2ncc(C#N)n2n1. The summed E-state index contributed by atoms with van der Waals surface area (Å²) in [5.41, 5.74) is 2.04. The van der Waals surface area contributed by atoms with Crippen LogP contribution in [0.25, 0.3) is 5.65 Å². The molecule has 0 saturated heterocycles. The van der Waals surface area contributed by atoms with Crippen molar-refractivity contribution in [1.29, 1.82) is 10.5 Å². The van der Waals surface area contributed by atoms with E-state index in [1.165, 1.54) is 12.3 Å². The largest absolute Gasteiger partial charge is 0.405 e. The maximum absolute atomic E-state index is 12.6. The molecule has 0 unspecified atom stereocenters. The number of nitrogens with one attached hydrogen (secondary N) is 2. The highest BCUT2D eigenvalue weighted by Crippen LogP contribution is 2.26. The van der Waals surface area contributed by atoms with E-state index in [0.717, 1.165) is 10.1 Å². The molecule has 136 valence electrons. The van der Waals surface area contributed by atoms with Crippen LogP contribution in [0, 0.1) is 29.6 Å². The fraction of sp³-hybridized carbons (Fsp3) is 0.176. The van der Waals surface area contributed by atoms with E-state index in [2.05, 4.69) is 20.7 Å². The number of halogens is 3. The first-order valence-electron chi connectivity index (χ1n) is 7.68. The molecule has 2 N–H and O–H groups in total. The summed E-state index contributed by atoms with van der Waals surface area (Å²) in [6, 6.07) is 10.3. The Balaban J connectivity index is 2.05. The Hall–Kier alpha value is -3.79. The van der Waals surface area contributed by atoms with E-state index >= 15 is 0 Å². The van der Waals surface area contributed by atoms with Crippen molar-refractivity contribution in [3.63, 3.8) is 0 Å². The maximum atomic E-state index is 12.6. The summed E-state index contributed by atoms with van der Waals surface area (Å²) in [6.45, 7) is 0.548. The van der Waals surface area contributed by atoms with Crippen molar-refractivity contribution < 1.29 is 13.2 Å². The highest BCUT2D eigenvalue weighted by Gasteiger charge is 2.27. The van der Waals surface area contributed by atoms with Crippen LogP contribution >= 0.6 is 0 Å². The van der Waals surface area contributed by atoms with E-state index in [0.29, 0.717) is 11.3 Å². The summed E-state index contributed by atoms with van der Waals surface area (Å²) in [6.07, 6.45) is -3.19. The van der Waals surface area contributed by atoms with Crippen molar-refractivity contribution in [3.05, 3.63) is 47.3 Å². The van der Waals surface area contributed by atoms with Crippen molar-refractivity contribution in [2.24, 2.45) is 0 Å². The van der Waals surface area contributed by atoms with Crippen LogP contribution in [0.3, 0.4) is 0 Å². The summed E-state index contributed by atoms with van der Waals surface area (Å²) >= 11 is 0. The van der Waals surface area contributed by atoms with Crippen LogP contribution in [0.4, 0.5) is 30.4 Å². The van der Waals surface area contributed by atoms with Gasteiger partial charge in [-0.2, -0.15) is 28.2 Å². The van der Waals surface area contributed by atoms with Crippen LogP contribution in [0.5, 0.6) is 0 Å². The molecule has 3 aromatic rings. The molecule has 10 heteroatoms. The number of nitriles is 2. The van der Waals surface area contributed by atoms with Gasteiger partial charge >= 0.3 is 6.18 Å². The Labute approximate surface area is 151 Å². The van der Waals surface area contributed by atoms with E-state index in [9.17, 15) is 13.2 Å². The average molecular weight is 371 g/mol. The maximum Gasteiger partial charge on any atom is 0.405 e. The second kappa shape index (κ2) is 6.84. The minimum absolute atomic E-state index is 0.0698. The van der Waals surface area contributed by atoms with Gasteiger partial charge < -0.3 is 10.6 Å². The number of imidazole rings is 1. The number of anilines is 3. The quantitative estimate of drug-likeness (QED) is 0.728. The third kappa shape index (κ3) is 3.90. The molecular formula is C17H12F3N7. The summed E-state index contributed by atoms with van der Waals surface area (Å²) in [4.78, 5) is 3.96. The van der Waals surface area contributed by atoms with Gasteiger partial charge in [0.15, 0.2) is 17.2 Å². The average Bonchev–Trinajstić information content (AvgIpc) is 3.04. The molecule has 0 radical (unpaired) electrons. The molecule has 0 fully saturated rings. The van der Waals surface area contributed by atoms with Gasteiger partial charge in [-0.05, 0) is 24.6 Å². The molecule has 0 aliphatic rings. The molecule has 0 amide bonds. The molecule has 27 heavy (non-hydrogen) atoms. The molecule has 3 rings (SSSR count). The third-order valence-corrected chi connectivity index (χ3v) is 3.69. The summed E-state index contributed by atoms with van der Waals surface area (Å²) in [5.74, 6) is 0.194. The van der Waals surface area contributed by atoms with Crippen LogP contribution in [0.2, 0.25) is 0 Å². The molecule has 0 atom stereocenters. The smallest absolute Gasteiger partial charge is 0.373 e. The number of hydrogen-bond donors (Lipinski definition) is 2. The minimum Gasteiger partial charge on any atom is -0.373 e. The molecule has 0 bridgehead atoms. The Morgan fingerprint density at radius 2 is 1.93 bits per heavy atom. The van der Waals surface area contributed by atoms with Crippen LogP contribution in [-0.2, 0) is 0 Å². The number of nitrogens with zero attached hydrogens (tertiary/aromatic N) is 5. The third-order valence-electron chi connectivity index (χ3n) is 3.69. The predicted octanol–water partition coefficient (Wildman–Crippen LogP) is 3.50. The van der Waals surface area contributed by atoms with Gasteiger partial charge in [-0.25, -0.2) is 4.98 Å². The van der Waals surface area contributed by atoms with Crippen LogP contribution in [0.1, 0.15) is 16.8 Å². The van der Waals surface area contributed by atoms with Crippen molar-refractivity contribution >= 4 is 22.8 Å². The van der Waals surface area contributed by atoms with E-state index in [-0.39, 0.29) is 22.8 Å². The normalized spacial score (nSPS) is 11.0. The second-order valence-corrected chi connectivity index (χ2v) is 5.67. The zero-order chi connectivity index (χ0) is 19.6. The molecule has 0 aliphatic carbocycles. The van der Waals surface area contributed by atoms with Gasteiger partial charge in [0.25, 0.3) is 0 Å². The van der Waals surface area contributed by atoms with Crippen molar-refractivity contribution in [2.45, 2.75) is 13.1 Å². The Kier molecular flexibility index (Phi) is 4.57. The number of rotatable bonds is 4. The van der Waals surface area contributed by atoms with Gasteiger partial charge in [-0.15, -0.1) is 5.10 Å². The lowest BCUT2D eigenvalue weighted by molar-refractivity contribution is -0.115. The summed E-state index contributed by atoms with van der Waals surface area (Å²) in [5, 5.41) is 27.7. The highest BCUT2D eigenvalue weighted by atomic mass is 19.4. The number of alkyl halides is 3. The first-order valence-corrected chi connectivity index (χ1v) is 7.68. The summed E-state index contributed by atoms with van der Waals surface area (Å²) in [7, 11) is 0. The van der Waals surface area contributed by atoms with Crippen molar-refractivity contribution in [2.75, 3.05) is 17.2 Å². The van der Waals surface area contributed by atoms with Crippen molar-refractivity contribution in [3.8, 4) is 12.1 Å². The van der Waals surface area contributed by atoms with E-state index in [1.807, 2.05) is 19.1 Å². The zero-order valence-electron chi connectivity index (χ0n) is 14.0. The number of hydrogen-bond acceptors (Lipinski definition) is 6.